The van der Waals surface area contributed by atoms with Crippen LogP contribution in [0.25, 0.3) is 6.08 Å². The van der Waals surface area contributed by atoms with Crippen molar-refractivity contribution in [3.63, 3.8) is 0 Å². The average molecular weight is 437 g/mol. The Hall–Kier alpha value is -2.81. The molecule has 0 aromatic heterocycles. The van der Waals surface area contributed by atoms with Gasteiger partial charge >= 0.3 is 5.97 Å². The fraction of sp³-hybridized carbons (Fsp3) is 0.414. The highest BCUT2D eigenvalue weighted by atomic mass is 16.4. The average Bonchev–Trinajstić information content (AvgIpc) is 2.78. The van der Waals surface area contributed by atoms with Crippen molar-refractivity contribution in [1.29, 1.82) is 0 Å². The molecule has 32 heavy (non-hydrogen) atoms. The lowest BCUT2D eigenvalue weighted by molar-refractivity contribution is -0.137. The number of aromatic hydroxyl groups is 1. The molecule has 0 radical (unpaired) electrons. The molecule has 2 N–H and O–H groups in total. The lowest BCUT2D eigenvalue weighted by Gasteiger charge is -1.97. The van der Waals surface area contributed by atoms with E-state index in [1.807, 2.05) is 12.1 Å². The Morgan fingerprint density at radius 1 is 0.625 bits per heavy atom. The van der Waals surface area contributed by atoms with Crippen LogP contribution in [0.1, 0.15) is 82.6 Å². The van der Waals surface area contributed by atoms with E-state index in [4.69, 9.17) is 5.11 Å². The van der Waals surface area contributed by atoms with Gasteiger partial charge < -0.3 is 10.2 Å². The summed E-state index contributed by atoms with van der Waals surface area (Å²) in [5, 5.41) is 17.8. The number of hydrogen-bond acceptors (Lipinski definition) is 2. The van der Waals surface area contributed by atoms with Gasteiger partial charge in [-0.2, -0.15) is 0 Å². The highest BCUT2D eigenvalue weighted by molar-refractivity contribution is 5.66. The van der Waals surface area contributed by atoms with Crippen LogP contribution in [0.3, 0.4) is 0 Å². The number of phenolic OH excluding ortho intramolecular Hbond substituents is 1. The van der Waals surface area contributed by atoms with Gasteiger partial charge in [0.1, 0.15) is 5.75 Å². The van der Waals surface area contributed by atoms with Gasteiger partial charge in [0.05, 0.1) is 0 Å². The van der Waals surface area contributed by atoms with E-state index in [1.165, 1.54) is 25.7 Å². The van der Waals surface area contributed by atoms with E-state index in [-0.39, 0.29) is 6.42 Å². The van der Waals surface area contributed by atoms with E-state index < -0.39 is 5.97 Å². The van der Waals surface area contributed by atoms with Gasteiger partial charge in [-0.05, 0) is 75.5 Å². The Morgan fingerprint density at radius 2 is 1.09 bits per heavy atom. The van der Waals surface area contributed by atoms with Crippen molar-refractivity contribution >= 4 is 12.0 Å². The molecule has 0 spiro atoms. The molecule has 3 nitrogen and oxygen atoms in total. The van der Waals surface area contributed by atoms with Gasteiger partial charge in [-0.25, -0.2) is 0 Å². The van der Waals surface area contributed by atoms with Crippen molar-refractivity contribution in [3.05, 3.63) is 84.5 Å². The minimum atomic E-state index is -0.719. The van der Waals surface area contributed by atoms with Crippen molar-refractivity contribution in [2.45, 2.75) is 77.0 Å². The summed E-state index contributed by atoms with van der Waals surface area (Å²) in [7, 11) is 0. The quantitative estimate of drug-likeness (QED) is 0.179. The van der Waals surface area contributed by atoms with E-state index >= 15 is 0 Å². The van der Waals surface area contributed by atoms with Gasteiger partial charge in [0, 0.05) is 6.42 Å². The Bertz CT molecular complexity index is 736. The first-order valence-electron chi connectivity index (χ1n) is 12.0. The smallest absolute Gasteiger partial charge is 0.303 e. The van der Waals surface area contributed by atoms with Gasteiger partial charge in [-0.15, -0.1) is 0 Å². The first-order valence-corrected chi connectivity index (χ1v) is 12.0. The van der Waals surface area contributed by atoms with E-state index in [1.54, 1.807) is 12.1 Å². The maximum absolute atomic E-state index is 10.4. The molecule has 0 fully saturated rings. The molecule has 1 aromatic carbocycles. The van der Waals surface area contributed by atoms with Crippen LogP contribution < -0.4 is 0 Å². The standard InChI is InChI=1S/C29H40O3/c30-28-25-23-27(24-26-28)21-19-17-15-13-11-9-7-5-3-1-2-4-6-8-10-12-14-16-18-20-22-29(31)32/h2-5,8,10,14,16,19,21,23-26,30H,1,6-7,9,11-13,15,17-18,20,22H2,(H,31,32)/b4-2-,5-3-,10-8-,16-14-,21-19+. The van der Waals surface area contributed by atoms with Crippen LogP contribution in [0.5, 0.6) is 5.75 Å². The number of carboxylic acids is 1. The number of allylic oxidation sites excluding steroid dienone is 9. The summed E-state index contributed by atoms with van der Waals surface area (Å²) in [6.07, 6.45) is 33.8. The summed E-state index contributed by atoms with van der Waals surface area (Å²) in [6, 6.07) is 7.30. The normalized spacial score (nSPS) is 12.4. The third-order valence-corrected chi connectivity index (χ3v) is 4.94. The molecule has 0 aliphatic rings. The zero-order valence-electron chi connectivity index (χ0n) is 19.4. The fourth-order valence-electron chi connectivity index (χ4n) is 3.10. The monoisotopic (exact) mass is 436 g/mol. The highest BCUT2D eigenvalue weighted by Crippen LogP contribution is 2.12. The number of carbonyl (C=O) groups is 1. The van der Waals surface area contributed by atoms with Crippen LogP contribution in [-0.2, 0) is 4.79 Å². The van der Waals surface area contributed by atoms with Gasteiger partial charge in [0.2, 0.25) is 0 Å². The van der Waals surface area contributed by atoms with Crippen LogP contribution in [0.15, 0.2) is 78.9 Å². The number of aliphatic carboxylic acids is 1. The van der Waals surface area contributed by atoms with Crippen molar-refractivity contribution < 1.29 is 15.0 Å². The molecule has 1 aromatic rings. The van der Waals surface area contributed by atoms with Gasteiger partial charge in [0.25, 0.3) is 0 Å². The molecule has 1 rings (SSSR count). The lowest BCUT2D eigenvalue weighted by atomic mass is 10.1. The topological polar surface area (TPSA) is 57.5 Å². The van der Waals surface area contributed by atoms with Crippen LogP contribution in [0.2, 0.25) is 0 Å². The Kier molecular flexibility index (Phi) is 17.1. The number of carboxylic acid groups (broad SMARTS) is 1. The molecule has 0 saturated heterocycles. The minimum Gasteiger partial charge on any atom is -0.508 e. The second-order valence-electron chi connectivity index (χ2n) is 7.86. The zero-order chi connectivity index (χ0) is 23.1. The number of unbranched alkanes of at least 4 members (excludes halogenated alkanes) is 6. The third kappa shape index (κ3) is 18.0. The van der Waals surface area contributed by atoms with E-state index in [9.17, 15) is 9.90 Å². The lowest BCUT2D eigenvalue weighted by Crippen LogP contribution is -1.92. The van der Waals surface area contributed by atoms with Crippen molar-refractivity contribution in [3.8, 4) is 5.75 Å². The summed E-state index contributed by atoms with van der Waals surface area (Å²) in [5.41, 5.74) is 1.14. The minimum absolute atomic E-state index is 0.251. The summed E-state index contributed by atoms with van der Waals surface area (Å²) in [5.74, 6) is -0.406. The zero-order valence-corrected chi connectivity index (χ0v) is 19.4. The van der Waals surface area contributed by atoms with E-state index in [0.717, 1.165) is 44.1 Å². The van der Waals surface area contributed by atoms with Gasteiger partial charge in [-0.1, -0.05) is 85.7 Å². The third-order valence-electron chi connectivity index (χ3n) is 4.94. The largest absolute Gasteiger partial charge is 0.508 e. The SMILES string of the molecule is O=C(O)CCC/C=C\C/C=C\C/C=C\C/C=C\CCCCCC/C=C/c1ccc(O)cc1. The summed E-state index contributed by atoms with van der Waals surface area (Å²) < 4.78 is 0. The number of rotatable bonds is 18. The molecular weight excluding hydrogens is 396 g/mol. The number of hydrogen-bond donors (Lipinski definition) is 2. The molecule has 0 heterocycles. The molecule has 0 amide bonds. The van der Waals surface area contributed by atoms with Gasteiger partial charge in [-0.3, -0.25) is 4.79 Å². The van der Waals surface area contributed by atoms with Crippen LogP contribution in [-0.4, -0.2) is 16.2 Å². The second-order valence-corrected chi connectivity index (χ2v) is 7.86. The molecule has 0 aliphatic heterocycles. The summed E-state index contributed by atoms with van der Waals surface area (Å²) in [4.78, 5) is 10.4. The van der Waals surface area contributed by atoms with Crippen molar-refractivity contribution in [1.82, 2.24) is 0 Å². The molecular formula is C29H40O3. The molecule has 3 heteroatoms. The fourth-order valence-corrected chi connectivity index (χ4v) is 3.10. The Morgan fingerprint density at radius 3 is 1.62 bits per heavy atom. The van der Waals surface area contributed by atoms with E-state index in [0.29, 0.717) is 12.2 Å². The second kappa shape index (κ2) is 20.1. The van der Waals surface area contributed by atoms with Crippen molar-refractivity contribution in [2.75, 3.05) is 0 Å². The Balaban J connectivity index is 1.89. The summed E-state index contributed by atoms with van der Waals surface area (Å²) >= 11 is 0. The number of phenols is 1. The molecule has 0 aliphatic carbocycles. The highest BCUT2D eigenvalue weighted by Gasteiger charge is 1.93. The van der Waals surface area contributed by atoms with Crippen molar-refractivity contribution in [2.24, 2.45) is 0 Å². The Labute approximate surface area is 194 Å². The maximum atomic E-state index is 10.4. The first kappa shape index (κ1) is 27.2. The van der Waals surface area contributed by atoms with Gasteiger partial charge in [0.15, 0.2) is 0 Å². The molecule has 174 valence electrons. The molecule has 0 bridgehead atoms. The van der Waals surface area contributed by atoms with Crippen LogP contribution in [0, 0.1) is 0 Å². The van der Waals surface area contributed by atoms with Crippen LogP contribution in [0.4, 0.5) is 0 Å². The molecule has 0 unspecified atom stereocenters. The first-order chi connectivity index (χ1) is 15.7. The summed E-state index contributed by atoms with van der Waals surface area (Å²) in [6.45, 7) is 0. The predicted octanol–water partition coefficient (Wildman–Crippen LogP) is 8.40. The predicted molar refractivity (Wildman–Crippen MR) is 137 cm³/mol. The number of benzene rings is 1. The molecule has 0 saturated carbocycles. The maximum Gasteiger partial charge on any atom is 0.303 e. The van der Waals surface area contributed by atoms with Crippen LogP contribution >= 0.6 is 0 Å². The van der Waals surface area contributed by atoms with E-state index in [2.05, 4.69) is 60.8 Å². The molecule has 0 atom stereocenters.